The number of anilines is 1. The van der Waals surface area contributed by atoms with Crippen molar-refractivity contribution in [3.63, 3.8) is 0 Å². The molecule has 1 heterocycles. The van der Waals surface area contributed by atoms with Crippen LogP contribution in [0.5, 0.6) is 11.5 Å². The van der Waals surface area contributed by atoms with Gasteiger partial charge in [-0.2, -0.15) is 0 Å². The van der Waals surface area contributed by atoms with Crippen molar-refractivity contribution >= 4 is 17.6 Å². The first-order chi connectivity index (χ1) is 16.9. The molecule has 0 bridgehead atoms. The third-order valence-corrected chi connectivity index (χ3v) is 6.09. The van der Waals surface area contributed by atoms with Crippen molar-refractivity contribution in [2.75, 3.05) is 26.1 Å². The zero-order valence-electron chi connectivity index (χ0n) is 19.9. The van der Waals surface area contributed by atoms with E-state index >= 15 is 0 Å². The van der Waals surface area contributed by atoms with Crippen LogP contribution in [0.25, 0.3) is 0 Å². The van der Waals surface area contributed by atoms with E-state index < -0.39 is 18.1 Å². The quantitative estimate of drug-likeness (QED) is 0.547. The minimum atomic E-state index is -0.775. The molecule has 1 aliphatic rings. The van der Waals surface area contributed by atoms with Crippen LogP contribution in [-0.4, -0.2) is 43.6 Å². The van der Waals surface area contributed by atoms with E-state index in [0.717, 1.165) is 16.7 Å². The van der Waals surface area contributed by atoms with E-state index in [4.69, 9.17) is 9.47 Å². The molecular weight excluding hydrogens is 449 g/mol. The molecule has 0 saturated heterocycles. The summed E-state index contributed by atoms with van der Waals surface area (Å²) < 4.78 is 24.6. The van der Waals surface area contributed by atoms with Gasteiger partial charge < -0.3 is 25.0 Å². The fourth-order valence-electron chi connectivity index (χ4n) is 4.27. The predicted octanol–water partition coefficient (Wildman–Crippen LogP) is 4.53. The van der Waals surface area contributed by atoms with Crippen LogP contribution in [0.1, 0.15) is 29.7 Å². The first-order valence-electron chi connectivity index (χ1n) is 11.3. The number of carbonyl (C=O) groups excluding carboxylic acids is 2. The molecule has 8 heteroatoms. The number of hydrogen-bond donors (Lipinski definition) is 2. The largest absolute Gasteiger partial charge is 0.493 e. The molecular formula is C27H28FN3O4. The van der Waals surface area contributed by atoms with Crippen molar-refractivity contribution in [3.05, 3.63) is 89.2 Å². The van der Waals surface area contributed by atoms with Crippen LogP contribution in [0.3, 0.4) is 0 Å². The second-order valence-corrected chi connectivity index (χ2v) is 8.33. The second kappa shape index (κ2) is 10.5. The van der Waals surface area contributed by atoms with Crippen molar-refractivity contribution in [2.24, 2.45) is 0 Å². The number of para-hydroxylation sites is 1. The lowest BCUT2D eigenvalue weighted by molar-refractivity contribution is -0.117. The van der Waals surface area contributed by atoms with Crippen LogP contribution in [0.4, 0.5) is 14.9 Å². The van der Waals surface area contributed by atoms with Crippen molar-refractivity contribution in [3.8, 4) is 11.5 Å². The summed E-state index contributed by atoms with van der Waals surface area (Å²) in [5, 5.41) is 5.61. The number of rotatable bonds is 6. The van der Waals surface area contributed by atoms with Crippen molar-refractivity contribution in [1.29, 1.82) is 0 Å². The van der Waals surface area contributed by atoms with Gasteiger partial charge in [0.2, 0.25) is 5.91 Å². The summed E-state index contributed by atoms with van der Waals surface area (Å²) in [7, 11) is 3.13. The molecule has 1 aliphatic heterocycles. The number of methoxy groups -OCH3 is 2. The van der Waals surface area contributed by atoms with Crippen molar-refractivity contribution in [2.45, 2.75) is 25.4 Å². The van der Waals surface area contributed by atoms with Gasteiger partial charge in [-0.1, -0.05) is 30.3 Å². The van der Waals surface area contributed by atoms with Gasteiger partial charge in [0.25, 0.3) is 0 Å². The van der Waals surface area contributed by atoms with Gasteiger partial charge >= 0.3 is 6.03 Å². The molecule has 0 spiro atoms. The molecule has 182 valence electrons. The molecule has 2 atom stereocenters. The van der Waals surface area contributed by atoms with Crippen molar-refractivity contribution in [1.82, 2.24) is 10.2 Å². The van der Waals surface area contributed by atoms with E-state index in [1.807, 2.05) is 30.3 Å². The first-order valence-corrected chi connectivity index (χ1v) is 11.3. The Balaban J connectivity index is 1.62. The Bertz CT molecular complexity index is 1200. The van der Waals surface area contributed by atoms with Gasteiger partial charge in [-0.3, -0.25) is 4.79 Å². The first kappa shape index (κ1) is 24.1. The van der Waals surface area contributed by atoms with Crippen LogP contribution in [-0.2, 0) is 11.2 Å². The highest BCUT2D eigenvalue weighted by molar-refractivity contribution is 5.96. The van der Waals surface area contributed by atoms with E-state index in [-0.39, 0.29) is 11.7 Å². The Kier molecular flexibility index (Phi) is 7.19. The Morgan fingerprint density at radius 1 is 1.00 bits per heavy atom. The summed E-state index contributed by atoms with van der Waals surface area (Å²) in [4.78, 5) is 27.7. The molecule has 4 rings (SSSR count). The van der Waals surface area contributed by atoms with E-state index in [1.54, 1.807) is 50.3 Å². The lowest BCUT2D eigenvalue weighted by Gasteiger charge is -2.38. The number of nitrogens with zero attached hydrogens (tertiary/aromatic N) is 1. The molecule has 3 amide bonds. The minimum absolute atomic E-state index is 0.327. The lowest BCUT2D eigenvalue weighted by Crippen LogP contribution is -2.51. The average molecular weight is 478 g/mol. The predicted molar refractivity (Wildman–Crippen MR) is 131 cm³/mol. The normalized spacial score (nSPS) is 15.5. The summed E-state index contributed by atoms with van der Waals surface area (Å²) in [6, 6.07) is 17.2. The van der Waals surface area contributed by atoms with Gasteiger partial charge in [0.1, 0.15) is 11.9 Å². The van der Waals surface area contributed by atoms with E-state index in [2.05, 4.69) is 10.6 Å². The smallest absolute Gasteiger partial charge is 0.318 e. The Morgan fingerprint density at radius 3 is 2.31 bits per heavy atom. The summed E-state index contributed by atoms with van der Waals surface area (Å²) >= 11 is 0. The van der Waals surface area contributed by atoms with Gasteiger partial charge in [-0.15, -0.1) is 0 Å². The van der Waals surface area contributed by atoms with Gasteiger partial charge in [0.15, 0.2) is 11.5 Å². The average Bonchev–Trinajstić information content (AvgIpc) is 2.88. The van der Waals surface area contributed by atoms with Crippen LogP contribution in [0, 0.1) is 5.82 Å². The van der Waals surface area contributed by atoms with E-state index in [9.17, 15) is 14.0 Å². The summed E-state index contributed by atoms with van der Waals surface area (Å²) in [5.74, 6) is 0.454. The number of carbonyl (C=O) groups is 2. The number of benzene rings is 3. The maximum Gasteiger partial charge on any atom is 0.318 e. The monoisotopic (exact) mass is 477 g/mol. The summed E-state index contributed by atoms with van der Waals surface area (Å²) in [6.07, 6.45) is 0.589. The standard InChI is InChI=1S/C27H28FN3O4/c1-17(26(32)30-21-7-5-4-6-8-21)29-27(33)31-14-13-19-15-23(34-2)24(35-3)16-22(19)25(31)18-9-11-20(28)12-10-18/h4-12,15-17,25H,13-14H2,1-3H3,(H,29,33)(H,30,32)/t17-,25+/m1/s1. The molecule has 2 N–H and O–H groups in total. The lowest BCUT2D eigenvalue weighted by atomic mass is 9.88. The van der Waals surface area contributed by atoms with Gasteiger partial charge in [0.05, 0.1) is 20.3 Å². The van der Waals surface area contributed by atoms with Crippen molar-refractivity contribution < 1.29 is 23.5 Å². The van der Waals surface area contributed by atoms with Gasteiger partial charge in [0, 0.05) is 12.2 Å². The number of urea groups is 1. The molecule has 0 aromatic heterocycles. The minimum Gasteiger partial charge on any atom is -0.493 e. The molecule has 3 aromatic rings. The number of fused-ring (bicyclic) bond motifs is 1. The van der Waals surface area contributed by atoms with Gasteiger partial charge in [-0.25, -0.2) is 9.18 Å². The fourth-order valence-corrected chi connectivity index (χ4v) is 4.27. The van der Waals surface area contributed by atoms with Crippen LogP contribution >= 0.6 is 0 Å². The second-order valence-electron chi connectivity index (χ2n) is 8.33. The topological polar surface area (TPSA) is 79.9 Å². The Labute approximate surface area is 203 Å². The highest BCUT2D eigenvalue weighted by Gasteiger charge is 2.34. The third kappa shape index (κ3) is 5.21. The SMILES string of the molecule is COc1cc2c(cc1OC)[C@H](c1ccc(F)cc1)N(C(=O)N[C@H](C)C(=O)Nc1ccccc1)CC2. The number of hydrogen-bond acceptors (Lipinski definition) is 4. The Morgan fingerprint density at radius 2 is 1.66 bits per heavy atom. The highest BCUT2D eigenvalue weighted by atomic mass is 19.1. The third-order valence-electron chi connectivity index (χ3n) is 6.09. The summed E-state index contributed by atoms with van der Waals surface area (Å²) in [5.41, 5.74) is 3.26. The molecule has 0 fully saturated rings. The van der Waals surface area contributed by atoms with Crippen LogP contribution in [0.2, 0.25) is 0 Å². The molecule has 0 unspecified atom stereocenters. The van der Waals surface area contributed by atoms with Crippen LogP contribution < -0.4 is 20.1 Å². The maximum atomic E-state index is 13.7. The molecule has 7 nitrogen and oxygen atoms in total. The molecule has 0 aliphatic carbocycles. The highest BCUT2D eigenvalue weighted by Crippen LogP contribution is 2.41. The summed E-state index contributed by atoms with van der Waals surface area (Å²) in [6.45, 7) is 2.04. The molecule has 0 saturated carbocycles. The van der Waals surface area contributed by atoms with Crippen LogP contribution in [0.15, 0.2) is 66.7 Å². The molecule has 35 heavy (non-hydrogen) atoms. The number of halogens is 1. The number of ether oxygens (including phenoxy) is 2. The maximum absolute atomic E-state index is 13.7. The molecule has 0 radical (unpaired) electrons. The number of amides is 3. The zero-order chi connectivity index (χ0) is 24.9. The van der Waals surface area contributed by atoms with E-state index in [1.165, 1.54) is 12.1 Å². The van der Waals surface area contributed by atoms with Gasteiger partial charge in [-0.05, 0) is 66.4 Å². The zero-order valence-corrected chi connectivity index (χ0v) is 19.9. The number of nitrogens with one attached hydrogen (secondary N) is 2. The molecule has 3 aromatic carbocycles. The fraction of sp³-hybridized carbons (Fsp3) is 0.259. The van der Waals surface area contributed by atoms with E-state index in [0.29, 0.717) is 30.2 Å². The Hall–Kier alpha value is -4.07.